The van der Waals surface area contributed by atoms with Gasteiger partial charge < -0.3 is 14.2 Å². The molecule has 7 heteroatoms. The van der Waals surface area contributed by atoms with Gasteiger partial charge in [-0.1, -0.05) is 45.4 Å². The molecular formula is C24H38F4O3. The third-order valence-electron chi connectivity index (χ3n) is 5.38. The molecule has 1 rings (SSSR count). The van der Waals surface area contributed by atoms with Gasteiger partial charge in [-0.05, 0) is 51.7 Å². The molecule has 0 N–H and O–H groups in total. The molecule has 0 aliphatic rings. The number of hydrogen-bond donors (Lipinski definition) is 0. The minimum absolute atomic E-state index is 0.00935. The lowest BCUT2D eigenvalue weighted by Gasteiger charge is -2.39. The van der Waals surface area contributed by atoms with Gasteiger partial charge in [0.1, 0.15) is 0 Å². The van der Waals surface area contributed by atoms with Gasteiger partial charge in [0.05, 0.1) is 0 Å². The summed E-state index contributed by atoms with van der Waals surface area (Å²) in [4.78, 5) is 0. The molecule has 0 bridgehead atoms. The van der Waals surface area contributed by atoms with Crippen molar-refractivity contribution in [2.45, 2.75) is 91.5 Å². The van der Waals surface area contributed by atoms with Crippen molar-refractivity contribution in [2.24, 2.45) is 5.92 Å². The Kier molecular flexibility index (Phi) is 13.3. The average Bonchev–Trinajstić information content (AvgIpc) is 2.74. The first kappa shape index (κ1) is 27.9. The summed E-state index contributed by atoms with van der Waals surface area (Å²) >= 11 is 0. The van der Waals surface area contributed by atoms with E-state index in [0.717, 1.165) is 25.3 Å². The molecule has 0 aliphatic carbocycles. The number of hydrogen-bond acceptors (Lipinski definition) is 3. The highest BCUT2D eigenvalue weighted by atomic mass is 19.2. The molecule has 1 aromatic rings. The van der Waals surface area contributed by atoms with Crippen LogP contribution in [0.4, 0.5) is 17.6 Å². The second-order valence-electron chi connectivity index (χ2n) is 7.65. The molecule has 1 aromatic carbocycles. The zero-order valence-corrected chi connectivity index (χ0v) is 19.4. The lowest BCUT2D eigenvalue weighted by Crippen LogP contribution is -2.47. The lowest BCUT2D eigenvalue weighted by molar-refractivity contribution is -0.403. The first-order chi connectivity index (χ1) is 14.9. The molecule has 3 nitrogen and oxygen atoms in total. The smallest absolute Gasteiger partial charge is 0.285 e. The van der Waals surface area contributed by atoms with Gasteiger partial charge in [0.25, 0.3) is 5.97 Å². The fraction of sp³-hybridized carbons (Fsp3) is 0.750. The molecule has 0 saturated heterocycles. The number of benzene rings is 1. The quantitative estimate of drug-likeness (QED) is 0.0819. The van der Waals surface area contributed by atoms with Crippen LogP contribution in [0.1, 0.15) is 84.6 Å². The normalized spacial score (nSPS) is 13.0. The van der Waals surface area contributed by atoms with Crippen molar-refractivity contribution in [3.05, 3.63) is 34.9 Å². The van der Waals surface area contributed by atoms with Crippen LogP contribution in [0.25, 0.3) is 0 Å². The van der Waals surface area contributed by atoms with E-state index in [1.807, 2.05) is 20.8 Å². The van der Waals surface area contributed by atoms with E-state index >= 15 is 0 Å². The van der Waals surface area contributed by atoms with Gasteiger partial charge in [0.15, 0.2) is 23.3 Å². The Hall–Kier alpha value is -1.18. The summed E-state index contributed by atoms with van der Waals surface area (Å²) in [6.45, 7) is 8.71. The third kappa shape index (κ3) is 8.35. The molecule has 0 saturated carbocycles. The Bertz CT molecular complexity index is 623. The maximum absolute atomic E-state index is 14.2. The van der Waals surface area contributed by atoms with Crippen molar-refractivity contribution < 1.29 is 31.8 Å². The number of unbranched alkanes of at least 4 members (excludes halogenated alkanes) is 5. The van der Waals surface area contributed by atoms with E-state index in [2.05, 4.69) is 6.92 Å². The first-order valence-electron chi connectivity index (χ1n) is 11.6. The van der Waals surface area contributed by atoms with Gasteiger partial charge in [-0.25, -0.2) is 17.6 Å². The molecule has 0 radical (unpaired) electrons. The highest BCUT2D eigenvalue weighted by Gasteiger charge is 2.41. The van der Waals surface area contributed by atoms with Gasteiger partial charge in [-0.3, -0.25) is 0 Å². The molecule has 31 heavy (non-hydrogen) atoms. The maximum Gasteiger partial charge on any atom is 0.285 e. The Morgan fingerprint density at radius 2 is 1.26 bits per heavy atom. The van der Waals surface area contributed by atoms with Crippen LogP contribution in [0.2, 0.25) is 0 Å². The van der Waals surface area contributed by atoms with Gasteiger partial charge in [0.2, 0.25) is 0 Å². The second-order valence-corrected chi connectivity index (χ2v) is 7.65. The van der Waals surface area contributed by atoms with Crippen LogP contribution >= 0.6 is 0 Å². The van der Waals surface area contributed by atoms with E-state index in [1.165, 1.54) is 19.3 Å². The minimum Gasteiger partial charge on any atom is -0.328 e. The summed E-state index contributed by atoms with van der Waals surface area (Å²) in [5.74, 6) is -7.92. The SMILES string of the molecule is CCCCCCCCC(CCc1cc(F)c(F)c(F)c1F)C(OCC)(OCC)OCC. The number of halogens is 4. The Morgan fingerprint density at radius 3 is 1.81 bits per heavy atom. The molecule has 180 valence electrons. The van der Waals surface area contributed by atoms with Crippen molar-refractivity contribution in [1.29, 1.82) is 0 Å². The van der Waals surface area contributed by atoms with Gasteiger partial charge in [-0.2, -0.15) is 0 Å². The molecular weight excluding hydrogens is 412 g/mol. The van der Waals surface area contributed by atoms with Crippen molar-refractivity contribution in [2.75, 3.05) is 19.8 Å². The molecule has 1 atom stereocenters. The van der Waals surface area contributed by atoms with Crippen LogP contribution < -0.4 is 0 Å². The zero-order chi connectivity index (χ0) is 23.3. The highest BCUT2D eigenvalue weighted by molar-refractivity contribution is 5.22. The zero-order valence-electron chi connectivity index (χ0n) is 19.4. The Balaban J connectivity index is 3.02. The predicted octanol–water partition coefficient (Wildman–Crippen LogP) is 7.31. The molecule has 0 aromatic heterocycles. The highest BCUT2D eigenvalue weighted by Crippen LogP contribution is 2.35. The van der Waals surface area contributed by atoms with E-state index in [-0.39, 0.29) is 17.9 Å². The Labute approximate surface area is 184 Å². The van der Waals surface area contributed by atoms with E-state index in [0.29, 0.717) is 32.7 Å². The maximum atomic E-state index is 14.2. The van der Waals surface area contributed by atoms with Crippen LogP contribution in [0, 0.1) is 29.2 Å². The summed E-state index contributed by atoms with van der Waals surface area (Å²) < 4.78 is 72.5. The van der Waals surface area contributed by atoms with E-state index in [4.69, 9.17) is 14.2 Å². The van der Waals surface area contributed by atoms with E-state index < -0.39 is 29.2 Å². The standard InChI is InChI=1S/C24H38F4O3/c1-5-9-10-11-12-13-14-19(24(29-6-2,30-7-3)31-8-4)16-15-18-17-20(25)22(27)23(28)21(18)26/h17,19H,5-16H2,1-4H3. The summed E-state index contributed by atoms with van der Waals surface area (Å²) in [7, 11) is 0. The molecule has 0 spiro atoms. The van der Waals surface area contributed by atoms with Gasteiger partial charge in [-0.15, -0.1) is 0 Å². The van der Waals surface area contributed by atoms with Gasteiger partial charge in [0, 0.05) is 25.7 Å². The lowest BCUT2D eigenvalue weighted by atomic mass is 9.91. The molecule has 1 unspecified atom stereocenters. The third-order valence-corrected chi connectivity index (χ3v) is 5.38. The van der Waals surface area contributed by atoms with Crippen molar-refractivity contribution >= 4 is 0 Å². The monoisotopic (exact) mass is 450 g/mol. The topological polar surface area (TPSA) is 27.7 Å². The van der Waals surface area contributed by atoms with Crippen molar-refractivity contribution in [1.82, 2.24) is 0 Å². The molecule has 0 heterocycles. The van der Waals surface area contributed by atoms with Crippen LogP contribution in [-0.2, 0) is 20.6 Å². The summed E-state index contributed by atoms with van der Waals surface area (Å²) in [5.41, 5.74) is -0.206. The van der Waals surface area contributed by atoms with E-state index in [1.54, 1.807) is 0 Å². The van der Waals surface area contributed by atoms with Crippen molar-refractivity contribution in [3.63, 3.8) is 0 Å². The minimum atomic E-state index is -1.79. The fourth-order valence-electron chi connectivity index (χ4n) is 3.88. The first-order valence-corrected chi connectivity index (χ1v) is 11.6. The van der Waals surface area contributed by atoms with Crippen LogP contribution in [0.3, 0.4) is 0 Å². The summed E-state index contributed by atoms with van der Waals surface area (Å²) in [6, 6.07) is 0.721. The molecule has 0 fully saturated rings. The van der Waals surface area contributed by atoms with Crippen molar-refractivity contribution in [3.8, 4) is 0 Å². The predicted molar refractivity (Wildman–Crippen MR) is 114 cm³/mol. The molecule has 0 amide bonds. The van der Waals surface area contributed by atoms with E-state index in [9.17, 15) is 17.6 Å². The summed E-state index contributed by atoms with van der Waals surface area (Å²) in [6.07, 6.45) is 7.61. The average molecular weight is 451 g/mol. The molecule has 0 aliphatic heterocycles. The number of rotatable bonds is 17. The number of ether oxygens (including phenoxy) is 3. The Morgan fingerprint density at radius 1 is 0.710 bits per heavy atom. The largest absolute Gasteiger partial charge is 0.328 e. The van der Waals surface area contributed by atoms with Crippen LogP contribution in [0.15, 0.2) is 6.07 Å². The second kappa shape index (κ2) is 14.8. The van der Waals surface area contributed by atoms with Crippen LogP contribution in [-0.4, -0.2) is 25.8 Å². The van der Waals surface area contributed by atoms with Crippen LogP contribution in [0.5, 0.6) is 0 Å². The fourth-order valence-corrected chi connectivity index (χ4v) is 3.88. The summed E-state index contributed by atoms with van der Waals surface area (Å²) in [5, 5.41) is 0. The van der Waals surface area contributed by atoms with Gasteiger partial charge >= 0.3 is 0 Å². The number of aryl methyl sites for hydroxylation is 1.